The van der Waals surface area contributed by atoms with Crippen molar-refractivity contribution in [2.75, 3.05) is 7.11 Å². The quantitative estimate of drug-likeness (QED) is 0.538. The molecule has 4 nitrogen and oxygen atoms in total. The van der Waals surface area contributed by atoms with Gasteiger partial charge in [-0.2, -0.15) is 0 Å². The Labute approximate surface area is 152 Å². The molecular weight excluding hydrogens is 322 g/mol. The zero-order valence-electron chi connectivity index (χ0n) is 14.5. The van der Waals surface area contributed by atoms with Crippen molar-refractivity contribution < 1.29 is 4.74 Å². The Morgan fingerprint density at radius 3 is 2.08 bits per heavy atom. The van der Waals surface area contributed by atoms with Crippen molar-refractivity contribution in [3.8, 4) is 11.4 Å². The van der Waals surface area contributed by atoms with Gasteiger partial charge in [-0.3, -0.25) is 4.57 Å². The fraction of sp³-hybridized carbons (Fsp3) is 0.0909. The Bertz CT molecular complexity index is 941. The van der Waals surface area contributed by atoms with Gasteiger partial charge in [0, 0.05) is 6.07 Å². The van der Waals surface area contributed by atoms with Gasteiger partial charge in [-0.25, -0.2) is 0 Å². The molecule has 0 radical (unpaired) electrons. The highest BCUT2D eigenvalue weighted by Gasteiger charge is 2.22. The maximum Gasteiger partial charge on any atom is 0.149 e. The summed E-state index contributed by atoms with van der Waals surface area (Å²) in [5, 5.41) is 8.67. The topological polar surface area (TPSA) is 39.9 Å². The number of nitrogens with zero attached hydrogens (tertiary/aromatic N) is 3. The Morgan fingerprint density at radius 1 is 0.808 bits per heavy atom. The summed E-state index contributed by atoms with van der Waals surface area (Å²) in [6, 6.07) is 28.7. The minimum atomic E-state index is -0.00824. The molecule has 0 unspecified atom stereocenters. The summed E-state index contributed by atoms with van der Waals surface area (Å²) in [4.78, 5) is 0. The first-order valence-electron chi connectivity index (χ1n) is 8.51. The second kappa shape index (κ2) is 7.23. The third-order valence-electron chi connectivity index (χ3n) is 4.43. The molecule has 0 amide bonds. The Balaban J connectivity index is 1.87. The third-order valence-corrected chi connectivity index (χ3v) is 4.43. The van der Waals surface area contributed by atoms with E-state index in [1.54, 1.807) is 13.4 Å². The van der Waals surface area contributed by atoms with Gasteiger partial charge in [-0.1, -0.05) is 66.7 Å². The summed E-state index contributed by atoms with van der Waals surface area (Å²) >= 11 is 0. The van der Waals surface area contributed by atoms with Crippen LogP contribution < -0.4 is 4.74 Å². The fourth-order valence-corrected chi connectivity index (χ4v) is 3.18. The van der Waals surface area contributed by atoms with Gasteiger partial charge in [0.1, 0.15) is 17.9 Å². The van der Waals surface area contributed by atoms with Gasteiger partial charge in [0.25, 0.3) is 0 Å². The van der Waals surface area contributed by atoms with Crippen LogP contribution in [0.4, 0.5) is 0 Å². The van der Waals surface area contributed by atoms with E-state index in [4.69, 9.17) is 4.74 Å². The maximum atomic E-state index is 5.37. The summed E-state index contributed by atoms with van der Waals surface area (Å²) in [6.45, 7) is 0. The molecule has 0 spiro atoms. The molecule has 3 aromatic carbocycles. The molecule has 1 aromatic heterocycles. The molecular formula is C22H19N3O. The molecule has 4 rings (SSSR count). The first-order valence-corrected chi connectivity index (χ1v) is 8.51. The largest absolute Gasteiger partial charge is 0.497 e. The first-order chi connectivity index (χ1) is 12.9. The second-order valence-corrected chi connectivity index (χ2v) is 6.02. The van der Waals surface area contributed by atoms with Gasteiger partial charge < -0.3 is 4.74 Å². The fourth-order valence-electron chi connectivity index (χ4n) is 3.18. The van der Waals surface area contributed by atoms with Gasteiger partial charge >= 0.3 is 0 Å². The maximum absolute atomic E-state index is 5.37. The lowest BCUT2D eigenvalue weighted by molar-refractivity contribution is 0.414. The number of hydrogen-bond acceptors (Lipinski definition) is 3. The van der Waals surface area contributed by atoms with Crippen LogP contribution in [-0.2, 0) is 0 Å². The van der Waals surface area contributed by atoms with E-state index in [1.807, 2.05) is 41.0 Å². The zero-order valence-corrected chi connectivity index (χ0v) is 14.5. The molecule has 26 heavy (non-hydrogen) atoms. The molecule has 0 saturated carbocycles. The highest BCUT2D eigenvalue weighted by atomic mass is 16.5. The first kappa shape index (κ1) is 16.1. The molecule has 0 aliphatic rings. The van der Waals surface area contributed by atoms with E-state index in [2.05, 4.69) is 58.7 Å². The predicted octanol–water partition coefficient (Wildman–Crippen LogP) is 4.46. The van der Waals surface area contributed by atoms with Gasteiger partial charge in [0.05, 0.1) is 18.7 Å². The smallest absolute Gasteiger partial charge is 0.149 e. The lowest BCUT2D eigenvalue weighted by Gasteiger charge is -2.19. The van der Waals surface area contributed by atoms with Crippen molar-refractivity contribution in [3.63, 3.8) is 0 Å². The van der Waals surface area contributed by atoms with Gasteiger partial charge in [0.15, 0.2) is 0 Å². The highest BCUT2D eigenvalue weighted by Crippen LogP contribution is 2.32. The van der Waals surface area contributed by atoms with E-state index in [0.29, 0.717) is 0 Å². The molecule has 0 bridgehead atoms. The zero-order chi connectivity index (χ0) is 17.8. The highest BCUT2D eigenvalue weighted by molar-refractivity contribution is 5.44. The molecule has 0 N–H and O–H groups in total. The minimum absolute atomic E-state index is 0.00824. The second-order valence-electron chi connectivity index (χ2n) is 6.02. The number of rotatable bonds is 5. The van der Waals surface area contributed by atoms with Crippen LogP contribution in [0.2, 0.25) is 0 Å². The van der Waals surface area contributed by atoms with Gasteiger partial charge in [-0.05, 0) is 23.3 Å². The van der Waals surface area contributed by atoms with Crippen LogP contribution in [0.15, 0.2) is 91.3 Å². The van der Waals surface area contributed by atoms with Crippen LogP contribution in [0.25, 0.3) is 5.69 Å². The molecule has 1 heterocycles. The van der Waals surface area contributed by atoms with Crippen molar-refractivity contribution in [1.29, 1.82) is 0 Å². The van der Waals surface area contributed by atoms with Crippen LogP contribution in [0.3, 0.4) is 0 Å². The summed E-state index contributed by atoms with van der Waals surface area (Å²) in [5.41, 5.74) is 3.33. The molecule has 4 heteroatoms. The number of hydrogen-bond donors (Lipinski definition) is 0. The van der Waals surface area contributed by atoms with E-state index in [1.165, 1.54) is 11.1 Å². The SMILES string of the molecule is COc1cccc(-n2cnnc2C(c2ccccc2)c2ccccc2)c1. The average Bonchev–Trinajstić information content (AvgIpc) is 3.19. The van der Waals surface area contributed by atoms with E-state index in [-0.39, 0.29) is 5.92 Å². The number of aromatic nitrogens is 3. The van der Waals surface area contributed by atoms with Crippen molar-refractivity contribution in [2.45, 2.75) is 5.92 Å². The predicted molar refractivity (Wildman–Crippen MR) is 102 cm³/mol. The van der Waals surface area contributed by atoms with Crippen molar-refractivity contribution >= 4 is 0 Å². The lowest BCUT2D eigenvalue weighted by atomic mass is 9.90. The summed E-state index contributed by atoms with van der Waals surface area (Å²) in [5.74, 6) is 1.67. The van der Waals surface area contributed by atoms with E-state index < -0.39 is 0 Å². The van der Waals surface area contributed by atoms with Crippen LogP contribution in [-0.4, -0.2) is 21.9 Å². The Morgan fingerprint density at radius 2 is 1.46 bits per heavy atom. The number of ether oxygens (including phenoxy) is 1. The van der Waals surface area contributed by atoms with E-state index >= 15 is 0 Å². The van der Waals surface area contributed by atoms with Crippen LogP contribution in [0.1, 0.15) is 22.9 Å². The lowest BCUT2D eigenvalue weighted by Crippen LogP contribution is -2.10. The standard InChI is InChI=1S/C22H19N3O/c1-26-20-14-8-13-19(15-20)25-16-23-24-22(25)21(17-9-4-2-5-10-17)18-11-6-3-7-12-18/h2-16,21H,1H3. The van der Waals surface area contributed by atoms with Crippen molar-refractivity contribution in [3.05, 3.63) is 108 Å². The van der Waals surface area contributed by atoms with Gasteiger partial charge in [0.2, 0.25) is 0 Å². The molecule has 0 aliphatic heterocycles. The summed E-state index contributed by atoms with van der Waals surface area (Å²) in [7, 11) is 1.67. The van der Waals surface area contributed by atoms with Crippen molar-refractivity contribution in [1.82, 2.24) is 14.8 Å². The van der Waals surface area contributed by atoms with Crippen LogP contribution in [0, 0.1) is 0 Å². The van der Waals surface area contributed by atoms with Crippen molar-refractivity contribution in [2.24, 2.45) is 0 Å². The monoisotopic (exact) mass is 341 g/mol. The number of methoxy groups -OCH3 is 1. The molecule has 0 aliphatic carbocycles. The molecule has 128 valence electrons. The van der Waals surface area contributed by atoms with Gasteiger partial charge in [-0.15, -0.1) is 10.2 Å². The van der Waals surface area contributed by atoms with Crippen LogP contribution in [0.5, 0.6) is 5.75 Å². The van der Waals surface area contributed by atoms with E-state index in [9.17, 15) is 0 Å². The normalized spacial score (nSPS) is 10.8. The third kappa shape index (κ3) is 3.09. The number of benzene rings is 3. The minimum Gasteiger partial charge on any atom is -0.497 e. The molecule has 4 aromatic rings. The molecule has 0 fully saturated rings. The van der Waals surface area contributed by atoms with Crippen LogP contribution >= 0.6 is 0 Å². The summed E-state index contributed by atoms with van der Waals surface area (Å²) in [6.07, 6.45) is 1.75. The Hall–Kier alpha value is -3.40. The molecule has 0 atom stereocenters. The Kier molecular flexibility index (Phi) is 4.48. The average molecular weight is 341 g/mol. The van der Waals surface area contributed by atoms with E-state index in [0.717, 1.165) is 17.3 Å². The summed E-state index contributed by atoms with van der Waals surface area (Å²) < 4.78 is 7.39. The molecule has 0 saturated heterocycles.